The Morgan fingerprint density at radius 3 is 2.16 bits per heavy atom. The van der Waals surface area contributed by atoms with Crippen molar-refractivity contribution in [3.8, 4) is 0 Å². The molecule has 3 atom stereocenters. The standard InChI is InChI=1S/C12H16O7/c1-7(13)16-6-11-10(17-8(2)14)4-5-12(19-11)18-9(3)15/h4-5,10-12H,6H2,1-3H3/t10-,11+,12-/m0/s1. The first-order valence-electron chi connectivity index (χ1n) is 5.70. The molecule has 1 aliphatic rings. The van der Waals surface area contributed by atoms with Crippen molar-refractivity contribution in [2.24, 2.45) is 0 Å². The van der Waals surface area contributed by atoms with E-state index in [1.165, 1.54) is 32.9 Å². The molecule has 0 aromatic rings. The molecule has 1 rings (SSSR count). The summed E-state index contributed by atoms with van der Waals surface area (Å²) in [6.07, 6.45) is 0.696. The van der Waals surface area contributed by atoms with Crippen molar-refractivity contribution in [1.82, 2.24) is 0 Å². The molecule has 0 spiro atoms. The van der Waals surface area contributed by atoms with Gasteiger partial charge in [0.25, 0.3) is 0 Å². The van der Waals surface area contributed by atoms with Crippen molar-refractivity contribution in [2.45, 2.75) is 39.3 Å². The van der Waals surface area contributed by atoms with Crippen LogP contribution in [0.15, 0.2) is 12.2 Å². The Bertz CT molecular complexity index is 388. The number of hydrogen-bond acceptors (Lipinski definition) is 7. The SMILES string of the molecule is CC(=O)OC[C@H]1O[C@H](OC(C)=O)C=C[C@@H]1OC(C)=O. The Labute approximate surface area is 110 Å². The summed E-state index contributed by atoms with van der Waals surface area (Å²) in [6, 6.07) is 0. The van der Waals surface area contributed by atoms with Gasteiger partial charge >= 0.3 is 17.9 Å². The van der Waals surface area contributed by atoms with E-state index in [0.717, 1.165) is 0 Å². The number of esters is 3. The van der Waals surface area contributed by atoms with Crippen molar-refractivity contribution in [3.63, 3.8) is 0 Å². The largest absolute Gasteiger partial charge is 0.463 e. The van der Waals surface area contributed by atoms with E-state index in [1.54, 1.807) is 0 Å². The molecule has 0 N–H and O–H groups in total. The minimum atomic E-state index is -0.884. The zero-order valence-corrected chi connectivity index (χ0v) is 11.0. The van der Waals surface area contributed by atoms with E-state index in [9.17, 15) is 14.4 Å². The van der Waals surface area contributed by atoms with Crippen LogP contribution in [0.2, 0.25) is 0 Å². The Balaban J connectivity index is 2.68. The van der Waals surface area contributed by atoms with Gasteiger partial charge in [0, 0.05) is 20.8 Å². The predicted molar refractivity (Wildman–Crippen MR) is 61.8 cm³/mol. The lowest BCUT2D eigenvalue weighted by Gasteiger charge is -2.30. The van der Waals surface area contributed by atoms with Gasteiger partial charge in [-0.1, -0.05) is 0 Å². The van der Waals surface area contributed by atoms with Crippen LogP contribution in [0.25, 0.3) is 0 Å². The van der Waals surface area contributed by atoms with Crippen LogP contribution in [0.5, 0.6) is 0 Å². The number of carbonyl (C=O) groups is 3. The summed E-state index contributed by atoms with van der Waals surface area (Å²) in [5.41, 5.74) is 0. The molecule has 0 saturated heterocycles. The quantitative estimate of drug-likeness (QED) is 0.414. The zero-order valence-electron chi connectivity index (χ0n) is 11.0. The minimum Gasteiger partial charge on any atom is -0.463 e. The van der Waals surface area contributed by atoms with Gasteiger partial charge in [-0.3, -0.25) is 14.4 Å². The maximum absolute atomic E-state index is 11.0. The fourth-order valence-corrected chi connectivity index (χ4v) is 1.49. The Hall–Kier alpha value is -1.89. The summed E-state index contributed by atoms with van der Waals surface area (Å²) in [7, 11) is 0. The molecule has 19 heavy (non-hydrogen) atoms. The third-order valence-corrected chi connectivity index (χ3v) is 2.17. The molecule has 0 fully saturated rings. The summed E-state index contributed by atoms with van der Waals surface area (Å²) in [6.45, 7) is 3.66. The first-order valence-corrected chi connectivity index (χ1v) is 5.70. The molecule has 106 valence electrons. The highest BCUT2D eigenvalue weighted by atomic mass is 16.7. The van der Waals surface area contributed by atoms with Gasteiger partial charge in [0.2, 0.25) is 6.29 Å². The van der Waals surface area contributed by atoms with Crippen molar-refractivity contribution in [3.05, 3.63) is 12.2 Å². The van der Waals surface area contributed by atoms with Gasteiger partial charge in [-0.25, -0.2) is 0 Å². The monoisotopic (exact) mass is 272 g/mol. The van der Waals surface area contributed by atoms with E-state index in [1.807, 2.05) is 0 Å². The first kappa shape index (κ1) is 15.2. The summed E-state index contributed by atoms with van der Waals surface area (Å²) < 4.78 is 20.1. The summed E-state index contributed by atoms with van der Waals surface area (Å²) in [5.74, 6) is -1.48. The summed E-state index contributed by atoms with van der Waals surface area (Å²) in [5, 5.41) is 0. The third kappa shape index (κ3) is 5.52. The van der Waals surface area contributed by atoms with Crippen LogP contribution in [0, 0.1) is 0 Å². The lowest BCUT2D eigenvalue weighted by molar-refractivity contribution is -0.201. The van der Waals surface area contributed by atoms with Gasteiger partial charge in [0.15, 0.2) is 0 Å². The maximum atomic E-state index is 11.0. The lowest BCUT2D eigenvalue weighted by Crippen LogP contribution is -2.42. The molecule has 7 nitrogen and oxygen atoms in total. The van der Waals surface area contributed by atoms with Crippen molar-refractivity contribution in [1.29, 1.82) is 0 Å². The van der Waals surface area contributed by atoms with E-state index in [2.05, 4.69) is 0 Å². The Morgan fingerprint density at radius 1 is 1.00 bits per heavy atom. The fraction of sp³-hybridized carbons (Fsp3) is 0.583. The number of carbonyl (C=O) groups excluding carboxylic acids is 3. The second-order valence-corrected chi connectivity index (χ2v) is 3.91. The highest BCUT2D eigenvalue weighted by Crippen LogP contribution is 2.18. The van der Waals surface area contributed by atoms with Crippen molar-refractivity contribution in [2.75, 3.05) is 6.61 Å². The van der Waals surface area contributed by atoms with E-state index >= 15 is 0 Å². The summed E-state index contributed by atoms with van der Waals surface area (Å²) >= 11 is 0. The smallest absolute Gasteiger partial charge is 0.305 e. The fourth-order valence-electron chi connectivity index (χ4n) is 1.49. The highest BCUT2D eigenvalue weighted by Gasteiger charge is 2.31. The van der Waals surface area contributed by atoms with Gasteiger partial charge in [0.05, 0.1) is 0 Å². The average molecular weight is 272 g/mol. The Kier molecular flexibility index (Phi) is 5.50. The number of rotatable bonds is 4. The third-order valence-electron chi connectivity index (χ3n) is 2.17. The minimum absolute atomic E-state index is 0.102. The Morgan fingerprint density at radius 2 is 1.63 bits per heavy atom. The van der Waals surface area contributed by atoms with Crippen LogP contribution in [0.4, 0.5) is 0 Å². The van der Waals surface area contributed by atoms with Crippen LogP contribution in [-0.4, -0.2) is 43.0 Å². The molecule has 1 aliphatic heterocycles. The van der Waals surface area contributed by atoms with Gasteiger partial charge in [-0.05, 0) is 12.2 Å². The van der Waals surface area contributed by atoms with Crippen molar-refractivity contribution < 1.29 is 33.3 Å². The van der Waals surface area contributed by atoms with Gasteiger partial charge in [-0.2, -0.15) is 0 Å². The van der Waals surface area contributed by atoms with Crippen LogP contribution in [0.1, 0.15) is 20.8 Å². The molecular weight excluding hydrogens is 256 g/mol. The molecule has 0 bridgehead atoms. The van der Waals surface area contributed by atoms with E-state index < -0.39 is 36.4 Å². The van der Waals surface area contributed by atoms with Gasteiger partial charge in [-0.15, -0.1) is 0 Å². The molecule has 0 amide bonds. The first-order chi connectivity index (χ1) is 8.88. The topological polar surface area (TPSA) is 88.1 Å². The molecule has 0 aromatic heterocycles. The van der Waals surface area contributed by atoms with E-state index in [-0.39, 0.29) is 6.61 Å². The molecular formula is C12H16O7. The molecule has 7 heteroatoms. The lowest BCUT2D eigenvalue weighted by atomic mass is 10.1. The van der Waals surface area contributed by atoms with Crippen LogP contribution < -0.4 is 0 Å². The second-order valence-electron chi connectivity index (χ2n) is 3.91. The maximum Gasteiger partial charge on any atom is 0.305 e. The molecule has 0 unspecified atom stereocenters. The molecule has 0 aliphatic carbocycles. The van der Waals surface area contributed by atoms with Gasteiger partial charge < -0.3 is 18.9 Å². The normalized spacial score (nSPS) is 25.5. The average Bonchev–Trinajstić information content (AvgIpc) is 2.27. The second kappa shape index (κ2) is 6.89. The zero-order chi connectivity index (χ0) is 14.4. The molecule has 0 radical (unpaired) electrons. The van der Waals surface area contributed by atoms with E-state index in [4.69, 9.17) is 18.9 Å². The molecule has 0 saturated carbocycles. The molecule has 1 heterocycles. The van der Waals surface area contributed by atoms with E-state index in [0.29, 0.717) is 0 Å². The number of ether oxygens (including phenoxy) is 4. The van der Waals surface area contributed by atoms with Crippen LogP contribution in [-0.2, 0) is 33.3 Å². The predicted octanol–water partition coefficient (Wildman–Crippen LogP) is 0.325. The van der Waals surface area contributed by atoms with Crippen molar-refractivity contribution >= 4 is 17.9 Å². The summed E-state index contributed by atoms with van der Waals surface area (Å²) in [4.78, 5) is 32.6. The van der Waals surface area contributed by atoms with Crippen LogP contribution in [0.3, 0.4) is 0 Å². The number of hydrogen-bond donors (Lipinski definition) is 0. The highest BCUT2D eigenvalue weighted by molar-refractivity contribution is 5.67. The molecule has 0 aromatic carbocycles. The van der Waals surface area contributed by atoms with Crippen LogP contribution >= 0.6 is 0 Å². The van der Waals surface area contributed by atoms with Gasteiger partial charge in [0.1, 0.15) is 18.8 Å².